The van der Waals surface area contributed by atoms with Crippen LogP contribution in [0.5, 0.6) is 0 Å². The fourth-order valence-corrected chi connectivity index (χ4v) is 2.80. The summed E-state index contributed by atoms with van der Waals surface area (Å²) in [4.78, 5) is 14.1. The third kappa shape index (κ3) is 3.00. The van der Waals surface area contributed by atoms with E-state index in [1.165, 1.54) is 4.88 Å². The van der Waals surface area contributed by atoms with Crippen LogP contribution in [0.15, 0.2) is 34.8 Å². The number of anilines is 1. The van der Waals surface area contributed by atoms with Crippen LogP contribution in [0.25, 0.3) is 0 Å². The summed E-state index contributed by atoms with van der Waals surface area (Å²) < 4.78 is 0.897. The summed E-state index contributed by atoms with van der Waals surface area (Å²) in [5.41, 5.74) is 1.93. The van der Waals surface area contributed by atoms with E-state index in [1.54, 1.807) is 11.3 Å². The molecule has 0 aliphatic carbocycles. The molecule has 0 fully saturated rings. The number of nitrogens with one attached hydrogen (secondary N) is 1. The predicted octanol–water partition coefficient (Wildman–Crippen LogP) is 4.63. The number of halogens is 1. The minimum atomic E-state index is -0.0500. The van der Waals surface area contributed by atoms with E-state index in [9.17, 15) is 4.79 Å². The lowest BCUT2D eigenvalue weighted by Gasteiger charge is -2.07. The largest absolute Gasteiger partial charge is 0.320 e. The van der Waals surface area contributed by atoms with Crippen LogP contribution in [0.2, 0.25) is 0 Å². The third-order valence-corrected chi connectivity index (χ3v) is 4.52. The lowest BCUT2D eigenvalue weighted by molar-refractivity contribution is 0.103. The molecule has 0 radical (unpaired) electrons. The Labute approximate surface area is 119 Å². The Balaban J connectivity index is 2.18. The monoisotopic (exact) mass is 323 g/mol. The van der Waals surface area contributed by atoms with Gasteiger partial charge in [-0.05, 0) is 59.1 Å². The number of thiophene rings is 1. The first-order chi connectivity index (χ1) is 8.60. The average Bonchev–Trinajstić information content (AvgIpc) is 2.82. The van der Waals surface area contributed by atoms with Crippen LogP contribution >= 0.6 is 27.3 Å². The molecule has 0 atom stereocenters. The summed E-state index contributed by atoms with van der Waals surface area (Å²) in [7, 11) is 0. The Kier molecular flexibility index (Phi) is 4.19. The normalized spacial score (nSPS) is 10.4. The maximum Gasteiger partial charge on any atom is 0.265 e. The van der Waals surface area contributed by atoms with Gasteiger partial charge in [-0.2, -0.15) is 0 Å². The van der Waals surface area contributed by atoms with Crippen LogP contribution in [0.1, 0.15) is 27.0 Å². The summed E-state index contributed by atoms with van der Waals surface area (Å²) in [5.74, 6) is -0.0500. The highest BCUT2D eigenvalue weighted by Gasteiger charge is 2.10. The number of rotatable bonds is 3. The Morgan fingerprint density at radius 3 is 2.78 bits per heavy atom. The molecule has 0 unspecified atom stereocenters. The minimum absolute atomic E-state index is 0.0500. The van der Waals surface area contributed by atoms with E-state index in [4.69, 9.17) is 0 Å². The van der Waals surface area contributed by atoms with Crippen molar-refractivity contribution in [1.82, 2.24) is 0 Å². The van der Waals surface area contributed by atoms with Crippen molar-refractivity contribution in [2.45, 2.75) is 20.3 Å². The van der Waals surface area contributed by atoms with E-state index in [0.717, 1.165) is 27.0 Å². The van der Waals surface area contributed by atoms with Gasteiger partial charge in [0, 0.05) is 9.35 Å². The summed E-state index contributed by atoms with van der Waals surface area (Å²) in [6.45, 7) is 4.09. The molecule has 0 spiro atoms. The molecule has 94 valence electrons. The van der Waals surface area contributed by atoms with E-state index in [2.05, 4.69) is 28.2 Å². The van der Waals surface area contributed by atoms with Crippen molar-refractivity contribution in [3.05, 3.63) is 50.1 Å². The molecule has 1 aromatic heterocycles. The smallest absolute Gasteiger partial charge is 0.265 e. The van der Waals surface area contributed by atoms with Gasteiger partial charge in [0.05, 0.1) is 10.6 Å². The summed E-state index contributed by atoms with van der Waals surface area (Å²) in [5, 5.41) is 2.93. The van der Waals surface area contributed by atoms with E-state index in [0.29, 0.717) is 0 Å². The zero-order valence-corrected chi connectivity index (χ0v) is 12.7. The lowest BCUT2D eigenvalue weighted by atomic mass is 10.2. The van der Waals surface area contributed by atoms with Crippen LogP contribution in [0.4, 0.5) is 5.69 Å². The van der Waals surface area contributed by atoms with Crippen molar-refractivity contribution >= 4 is 38.9 Å². The van der Waals surface area contributed by atoms with Gasteiger partial charge in [-0.25, -0.2) is 0 Å². The molecule has 0 saturated heterocycles. The molecule has 1 amide bonds. The lowest BCUT2D eigenvalue weighted by Crippen LogP contribution is -2.10. The van der Waals surface area contributed by atoms with Gasteiger partial charge in [0.15, 0.2) is 0 Å². The van der Waals surface area contributed by atoms with E-state index < -0.39 is 0 Å². The average molecular weight is 324 g/mol. The van der Waals surface area contributed by atoms with Crippen molar-refractivity contribution in [2.24, 2.45) is 0 Å². The van der Waals surface area contributed by atoms with Gasteiger partial charge in [-0.3, -0.25) is 4.79 Å². The highest BCUT2D eigenvalue weighted by atomic mass is 79.9. The number of hydrogen-bond acceptors (Lipinski definition) is 2. The number of carbonyl (C=O) groups excluding carboxylic acids is 1. The molecule has 18 heavy (non-hydrogen) atoms. The van der Waals surface area contributed by atoms with Gasteiger partial charge < -0.3 is 5.32 Å². The van der Waals surface area contributed by atoms with Gasteiger partial charge in [-0.15, -0.1) is 11.3 Å². The zero-order valence-electron chi connectivity index (χ0n) is 10.3. The van der Waals surface area contributed by atoms with Crippen LogP contribution in [0.3, 0.4) is 0 Å². The molecule has 1 aromatic carbocycles. The molecule has 0 saturated carbocycles. The van der Waals surface area contributed by atoms with E-state index in [1.807, 2.05) is 37.3 Å². The van der Waals surface area contributed by atoms with Gasteiger partial charge in [-0.1, -0.05) is 13.0 Å². The predicted molar refractivity (Wildman–Crippen MR) is 80.5 cm³/mol. The van der Waals surface area contributed by atoms with Crippen molar-refractivity contribution in [3.8, 4) is 0 Å². The standard InChI is InChI=1S/C14H14BrNOS/c1-3-10-5-7-13(18-10)14(17)16-12-8-9(2)4-6-11(12)15/h4-8H,3H2,1-2H3,(H,16,17). The molecular formula is C14H14BrNOS. The SMILES string of the molecule is CCc1ccc(C(=O)Nc2cc(C)ccc2Br)s1. The summed E-state index contributed by atoms with van der Waals surface area (Å²) in [6.07, 6.45) is 0.964. The summed E-state index contributed by atoms with van der Waals surface area (Å²) in [6, 6.07) is 9.78. The maximum atomic E-state index is 12.1. The molecule has 2 nitrogen and oxygen atoms in total. The second kappa shape index (κ2) is 5.67. The van der Waals surface area contributed by atoms with Gasteiger partial charge in [0.2, 0.25) is 0 Å². The molecule has 0 aliphatic heterocycles. The first-order valence-electron chi connectivity index (χ1n) is 5.76. The highest BCUT2D eigenvalue weighted by molar-refractivity contribution is 9.10. The number of amides is 1. The van der Waals surface area contributed by atoms with Gasteiger partial charge in [0.1, 0.15) is 0 Å². The Bertz CT molecular complexity index is 577. The first kappa shape index (κ1) is 13.3. The molecule has 1 heterocycles. The molecule has 1 N–H and O–H groups in total. The Hall–Kier alpha value is -1.13. The minimum Gasteiger partial charge on any atom is -0.320 e. The van der Waals surface area contributed by atoms with E-state index >= 15 is 0 Å². The fourth-order valence-electron chi connectivity index (χ4n) is 1.61. The Morgan fingerprint density at radius 2 is 2.11 bits per heavy atom. The molecule has 2 rings (SSSR count). The zero-order chi connectivity index (χ0) is 13.1. The van der Waals surface area contributed by atoms with Crippen molar-refractivity contribution in [2.75, 3.05) is 5.32 Å². The number of aryl methyl sites for hydroxylation is 2. The molecular weight excluding hydrogens is 310 g/mol. The number of benzene rings is 1. The van der Waals surface area contributed by atoms with Crippen LogP contribution in [0, 0.1) is 6.92 Å². The van der Waals surface area contributed by atoms with Crippen molar-refractivity contribution in [3.63, 3.8) is 0 Å². The third-order valence-electron chi connectivity index (χ3n) is 2.60. The molecule has 4 heteroatoms. The summed E-state index contributed by atoms with van der Waals surface area (Å²) >= 11 is 4.98. The maximum absolute atomic E-state index is 12.1. The first-order valence-corrected chi connectivity index (χ1v) is 7.37. The molecule has 0 bridgehead atoms. The second-order valence-corrected chi connectivity index (χ2v) is 6.08. The van der Waals surface area contributed by atoms with Crippen molar-refractivity contribution in [1.29, 1.82) is 0 Å². The van der Waals surface area contributed by atoms with E-state index in [-0.39, 0.29) is 5.91 Å². The Morgan fingerprint density at radius 1 is 1.33 bits per heavy atom. The van der Waals surface area contributed by atoms with Gasteiger partial charge in [0.25, 0.3) is 5.91 Å². The molecule has 2 aromatic rings. The fraction of sp³-hybridized carbons (Fsp3) is 0.214. The van der Waals surface area contributed by atoms with Gasteiger partial charge >= 0.3 is 0 Å². The topological polar surface area (TPSA) is 29.1 Å². The quantitative estimate of drug-likeness (QED) is 0.876. The number of hydrogen-bond donors (Lipinski definition) is 1. The highest BCUT2D eigenvalue weighted by Crippen LogP contribution is 2.25. The van der Waals surface area contributed by atoms with Crippen LogP contribution in [-0.4, -0.2) is 5.91 Å². The molecule has 0 aliphatic rings. The number of carbonyl (C=O) groups is 1. The van der Waals surface area contributed by atoms with Crippen LogP contribution in [-0.2, 0) is 6.42 Å². The van der Waals surface area contributed by atoms with Crippen LogP contribution < -0.4 is 5.32 Å². The second-order valence-electron chi connectivity index (χ2n) is 4.06. The van der Waals surface area contributed by atoms with Crippen molar-refractivity contribution < 1.29 is 4.79 Å².